The van der Waals surface area contributed by atoms with Crippen molar-refractivity contribution < 1.29 is 13.6 Å². The molecule has 0 unspecified atom stereocenters. The highest BCUT2D eigenvalue weighted by Crippen LogP contribution is 2.44. The molecule has 0 saturated heterocycles. The molecule has 2 aromatic rings. The molecule has 1 heterocycles. The van der Waals surface area contributed by atoms with Crippen LogP contribution in [0.4, 0.5) is 14.5 Å². The number of aromatic nitrogens is 1. The lowest BCUT2D eigenvalue weighted by atomic mass is 9.64. The molecule has 0 spiro atoms. The monoisotopic (exact) mass is 288 g/mol. The molecular formula is C16H14F2N2O. The topological polar surface area (TPSA) is 42.0 Å². The second kappa shape index (κ2) is 5.24. The summed E-state index contributed by atoms with van der Waals surface area (Å²) >= 11 is 0. The van der Waals surface area contributed by atoms with Crippen molar-refractivity contribution in [1.29, 1.82) is 0 Å². The Morgan fingerprint density at radius 1 is 1.14 bits per heavy atom. The highest BCUT2D eigenvalue weighted by atomic mass is 19.1. The van der Waals surface area contributed by atoms with Crippen LogP contribution in [0, 0.1) is 11.6 Å². The summed E-state index contributed by atoms with van der Waals surface area (Å²) in [7, 11) is 0. The van der Waals surface area contributed by atoms with Crippen molar-refractivity contribution in [3.63, 3.8) is 0 Å². The highest BCUT2D eigenvalue weighted by molar-refractivity contribution is 5.99. The average molecular weight is 288 g/mol. The van der Waals surface area contributed by atoms with Crippen molar-refractivity contribution in [3.8, 4) is 0 Å². The van der Waals surface area contributed by atoms with Crippen LogP contribution < -0.4 is 5.32 Å². The van der Waals surface area contributed by atoms with Gasteiger partial charge in [-0.25, -0.2) is 8.78 Å². The third-order valence-corrected chi connectivity index (χ3v) is 4.06. The van der Waals surface area contributed by atoms with Crippen LogP contribution in [0.1, 0.15) is 24.8 Å². The molecule has 3 nitrogen and oxygen atoms in total. The molecule has 1 N–H and O–H groups in total. The first-order valence-corrected chi connectivity index (χ1v) is 6.79. The quantitative estimate of drug-likeness (QED) is 0.940. The van der Waals surface area contributed by atoms with Crippen LogP contribution in [0.5, 0.6) is 0 Å². The SMILES string of the molecule is O=C(Nc1ccncc1F)C1(c2ccc(F)cc2)CCC1. The molecule has 0 aliphatic heterocycles. The maximum absolute atomic E-state index is 13.6. The molecule has 21 heavy (non-hydrogen) atoms. The van der Waals surface area contributed by atoms with Gasteiger partial charge in [-0.2, -0.15) is 0 Å². The lowest BCUT2D eigenvalue weighted by Crippen LogP contribution is -2.46. The van der Waals surface area contributed by atoms with Gasteiger partial charge in [0.25, 0.3) is 0 Å². The van der Waals surface area contributed by atoms with Crippen molar-refractivity contribution in [2.24, 2.45) is 0 Å². The molecule has 108 valence electrons. The normalized spacial score (nSPS) is 16.1. The Balaban J connectivity index is 1.87. The van der Waals surface area contributed by atoms with Crippen molar-refractivity contribution in [1.82, 2.24) is 4.98 Å². The molecule has 5 heteroatoms. The van der Waals surface area contributed by atoms with Gasteiger partial charge in [-0.1, -0.05) is 18.6 Å². The Morgan fingerprint density at radius 3 is 2.43 bits per heavy atom. The summed E-state index contributed by atoms with van der Waals surface area (Å²) in [6, 6.07) is 7.35. The van der Waals surface area contributed by atoms with Gasteiger partial charge in [-0.15, -0.1) is 0 Å². The van der Waals surface area contributed by atoms with Gasteiger partial charge in [-0.3, -0.25) is 9.78 Å². The van der Waals surface area contributed by atoms with Crippen LogP contribution >= 0.6 is 0 Å². The van der Waals surface area contributed by atoms with Crippen molar-refractivity contribution in [2.45, 2.75) is 24.7 Å². The van der Waals surface area contributed by atoms with Gasteiger partial charge >= 0.3 is 0 Å². The van der Waals surface area contributed by atoms with E-state index in [1.807, 2.05) is 0 Å². The fraction of sp³-hybridized carbons (Fsp3) is 0.250. The average Bonchev–Trinajstić information content (AvgIpc) is 2.42. The van der Waals surface area contributed by atoms with Crippen molar-refractivity contribution >= 4 is 11.6 Å². The molecule has 1 fully saturated rings. The Kier molecular flexibility index (Phi) is 3.41. The molecule has 0 atom stereocenters. The molecule has 0 bridgehead atoms. The number of pyridine rings is 1. The number of hydrogen-bond acceptors (Lipinski definition) is 2. The lowest BCUT2D eigenvalue weighted by Gasteiger charge is -2.40. The predicted octanol–water partition coefficient (Wildman–Crippen LogP) is 3.42. The molecule has 1 aliphatic carbocycles. The van der Waals surface area contributed by atoms with E-state index in [9.17, 15) is 13.6 Å². The zero-order valence-corrected chi connectivity index (χ0v) is 11.3. The Hall–Kier alpha value is -2.30. The summed E-state index contributed by atoms with van der Waals surface area (Å²) in [6.45, 7) is 0. The molecule has 1 amide bonds. The third kappa shape index (κ3) is 2.39. The minimum absolute atomic E-state index is 0.114. The smallest absolute Gasteiger partial charge is 0.235 e. The van der Waals surface area contributed by atoms with Gasteiger partial charge < -0.3 is 5.32 Å². The van der Waals surface area contributed by atoms with E-state index in [1.165, 1.54) is 24.4 Å². The summed E-state index contributed by atoms with van der Waals surface area (Å²) < 4.78 is 26.6. The second-order valence-corrected chi connectivity index (χ2v) is 5.25. The van der Waals surface area contributed by atoms with E-state index in [1.54, 1.807) is 12.1 Å². The number of carbonyl (C=O) groups is 1. The van der Waals surface area contributed by atoms with Gasteiger partial charge in [0.2, 0.25) is 5.91 Å². The molecule has 1 saturated carbocycles. The number of nitrogens with zero attached hydrogens (tertiary/aromatic N) is 1. The van der Waals surface area contributed by atoms with Crippen LogP contribution in [0.2, 0.25) is 0 Å². The second-order valence-electron chi connectivity index (χ2n) is 5.25. The molecular weight excluding hydrogens is 274 g/mol. The van der Waals surface area contributed by atoms with Gasteiger partial charge in [0.05, 0.1) is 17.3 Å². The fourth-order valence-electron chi connectivity index (χ4n) is 2.66. The van der Waals surface area contributed by atoms with Crippen LogP contribution in [0.25, 0.3) is 0 Å². The zero-order valence-electron chi connectivity index (χ0n) is 11.3. The van der Waals surface area contributed by atoms with E-state index < -0.39 is 11.2 Å². The number of rotatable bonds is 3. The minimum atomic E-state index is -0.691. The Bertz CT molecular complexity index is 666. The summed E-state index contributed by atoms with van der Waals surface area (Å²) in [5.74, 6) is -1.17. The highest BCUT2D eigenvalue weighted by Gasteiger charge is 2.45. The van der Waals surface area contributed by atoms with Crippen LogP contribution in [-0.4, -0.2) is 10.9 Å². The lowest BCUT2D eigenvalue weighted by molar-refractivity contribution is -0.124. The standard InChI is InChI=1S/C16H14F2N2O/c17-12-4-2-11(3-5-12)16(7-1-8-16)15(21)20-14-6-9-19-10-13(14)18/h2-6,9-10H,1,7-8H2,(H,19,20,21). The van der Waals surface area contributed by atoms with Crippen LogP contribution in [0.15, 0.2) is 42.7 Å². The van der Waals surface area contributed by atoms with Gasteiger partial charge in [0.1, 0.15) is 5.82 Å². The maximum Gasteiger partial charge on any atom is 0.235 e. The fourth-order valence-corrected chi connectivity index (χ4v) is 2.66. The summed E-state index contributed by atoms with van der Waals surface area (Å²) in [5, 5.41) is 2.62. The Labute approximate surface area is 121 Å². The zero-order chi connectivity index (χ0) is 14.9. The molecule has 1 aliphatic rings. The van der Waals surface area contributed by atoms with Crippen LogP contribution in [-0.2, 0) is 10.2 Å². The first-order valence-electron chi connectivity index (χ1n) is 6.79. The van der Waals surface area contributed by atoms with Gasteiger partial charge in [0.15, 0.2) is 5.82 Å². The predicted molar refractivity (Wildman–Crippen MR) is 74.8 cm³/mol. The summed E-state index contributed by atoms with van der Waals surface area (Å²) in [6.07, 6.45) is 4.75. The largest absolute Gasteiger partial charge is 0.323 e. The first-order chi connectivity index (χ1) is 10.1. The van der Waals surface area contributed by atoms with E-state index in [2.05, 4.69) is 10.3 Å². The van der Waals surface area contributed by atoms with E-state index in [0.717, 1.165) is 18.2 Å². The third-order valence-electron chi connectivity index (χ3n) is 4.06. The van der Waals surface area contributed by atoms with E-state index in [0.29, 0.717) is 12.8 Å². The number of halogens is 2. The number of amides is 1. The van der Waals surface area contributed by atoms with Crippen molar-refractivity contribution in [2.75, 3.05) is 5.32 Å². The van der Waals surface area contributed by atoms with Crippen molar-refractivity contribution in [3.05, 3.63) is 59.9 Å². The molecule has 3 rings (SSSR count). The summed E-state index contributed by atoms with van der Waals surface area (Å²) in [5.41, 5.74) is 0.189. The number of hydrogen-bond donors (Lipinski definition) is 1. The van der Waals surface area contributed by atoms with Gasteiger partial charge in [0, 0.05) is 6.20 Å². The molecule has 1 aromatic carbocycles. The minimum Gasteiger partial charge on any atom is -0.323 e. The molecule has 0 radical (unpaired) electrons. The Morgan fingerprint density at radius 2 is 1.86 bits per heavy atom. The van der Waals surface area contributed by atoms with E-state index >= 15 is 0 Å². The summed E-state index contributed by atoms with van der Waals surface area (Å²) in [4.78, 5) is 16.2. The first kappa shape index (κ1) is 13.7. The number of benzene rings is 1. The number of carbonyl (C=O) groups excluding carboxylic acids is 1. The van der Waals surface area contributed by atoms with Crippen LogP contribution in [0.3, 0.4) is 0 Å². The van der Waals surface area contributed by atoms with E-state index in [4.69, 9.17) is 0 Å². The van der Waals surface area contributed by atoms with E-state index in [-0.39, 0.29) is 17.4 Å². The van der Waals surface area contributed by atoms with Gasteiger partial charge in [-0.05, 0) is 36.6 Å². The maximum atomic E-state index is 13.6. The number of nitrogens with one attached hydrogen (secondary N) is 1. The number of anilines is 1. The molecule has 1 aromatic heterocycles.